The molecule has 0 saturated carbocycles. The molecule has 1 amide bonds. The maximum absolute atomic E-state index is 12.0. The average molecular weight is 286 g/mol. The van der Waals surface area contributed by atoms with Crippen molar-refractivity contribution in [2.24, 2.45) is 11.7 Å². The van der Waals surface area contributed by atoms with E-state index in [1.807, 2.05) is 6.92 Å². The lowest BCUT2D eigenvalue weighted by molar-refractivity contribution is -0.126. The van der Waals surface area contributed by atoms with Crippen molar-refractivity contribution in [1.82, 2.24) is 15.1 Å². The fraction of sp³-hybridized carbons (Fsp3) is 0.846. The number of nitrogens with zero attached hydrogens (tertiary/aromatic N) is 2. The number of hydrogen-bond acceptors (Lipinski definition) is 4. The van der Waals surface area contributed by atoms with E-state index in [4.69, 9.17) is 18.0 Å². The molecule has 1 unspecified atom stereocenters. The SMILES string of the molecule is CC(C)CNC(=O)C(C)N1CCN(CC(N)=S)CC1. The Morgan fingerprint density at radius 1 is 1.26 bits per heavy atom. The molecule has 5 nitrogen and oxygen atoms in total. The van der Waals surface area contributed by atoms with E-state index in [-0.39, 0.29) is 11.9 Å². The Balaban J connectivity index is 2.33. The highest BCUT2D eigenvalue weighted by Crippen LogP contribution is 2.06. The molecular weight excluding hydrogens is 260 g/mol. The molecule has 0 bridgehead atoms. The number of nitrogens with two attached hydrogens (primary N) is 1. The van der Waals surface area contributed by atoms with Crippen LogP contribution in [-0.2, 0) is 4.79 Å². The van der Waals surface area contributed by atoms with Gasteiger partial charge in [-0.3, -0.25) is 14.6 Å². The second-order valence-electron chi connectivity index (χ2n) is 5.59. The van der Waals surface area contributed by atoms with Gasteiger partial charge in [0.1, 0.15) is 0 Å². The van der Waals surface area contributed by atoms with Crippen LogP contribution in [-0.4, -0.2) is 66.0 Å². The fourth-order valence-electron chi connectivity index (χ4n) is 2.15. The zero-order valence-corrected chi connectivity index (χ0v) is 13.0. The molecule has 1 aliphatic heterocycles. The van der Waals surface area contributed by atoms with Crippen molar-refractivity contribution in [1.29, 1.82) is 0 Å². The van der Waals surface area contributed by atoms with Crippen LogP contribution in [0.2, 0.25) is 0 Å². The first-order chi connectivity index (χ1) is 8.90. The molecular formula is C13H26N4OS. The monoisotopic (exact) mass is 286 g/mol. The highest BCUT2D eigenvalue weighted by Gasteiger charge is 2.25. The molecule has 3 N–H and O–H groups in total. The predicted octanol–water partition coefficient (Wildman–Crippen LogP) is 0.0508. The number of carbonyl (C=O) groups excluding carboxylic acids is 1. The van der Waals surface area contributed by atoms with Crippen molar-refractivity contribution < 1.29 is 4.79 Å². The predicted molar refractivity (Wildman–Crippen MR) is 82.1 cm³/mol. The standard InChI is InChI=1S/C13H26N4OS/c1-10(2)8-15-13(18)11(3)17-6-4-16(5-7-17)9-12(14)19/h10-11H,4-9H2,1-3H3,(H2,14,19)(H,15,18). The van der Waals surface area contributed by atoms with E-state index in [0.29, 0.717) is 17.5 Å². The summed E-state index contributed by atoms with van der Waals surface area (Å²) < 4.78 is 0. The summed E-state index contributed by atoms with van der Waals surface area (Å²) >= 11 is 4.92. The normalized spacial score (nSPS) is 19.4. The molecule has 6 heteroatoms. The minimum Gasteiger partial charge on any atom is -0.392 e. The van der Waals surface area contributed by atoms with Crippen LogP contribution in [0.1, 0.15) is 20.8 Å². The lowest BCUT2D eigenvalue weighted by Gasteiger charge is -2.37. The van der Waals surface area contributed by atoms with Gasteiger partial charge in [0.15, 0.2) is 0 Å². The van der Waals surface area contributed by atoms with Gasteiger partial charge in [-0.05, 0) is 12.8 Å². The van der Waals surface area contributed by atoms with Crippen LogP contribution in [0, 0.1) is 5.92 Å². The third-order valence-corrected chi connectivity index (χ3v) is 3.53. The van der Waals surface area contributed by atoms with Crippen LogP contribution in [0.5, 0.6) is 0 Å². The molecule has 0 aromatic heterocycles. The molecule has 1 rings (SSSR count). The molecule has 0 aromatic carbocycles. The summed E-state index contributed by atoms with van der Waals surface area (Å²) in [6.45, 7) is 11.2. The molecule has 110 valence electrons. The summed E-state index contributed by atoms with van der Waals surface area (Å²) in [6.07, 6.45) is 0. The van der Waals surface area contributed by atoms with E-state index < -0.39 is 0 Å². The van der Waals surface area contributed by atoms with Gasteiger partial charge in [-0.1, -0.05) is 26.1 Å². The van der Waals surface area contributed by atoms with E-state index in [0.717, 1.165) is 32.7 Å². The van der Waals surface area contributed by atoms with E-state index in [2.05, 4.69) is 29.0 Å². The Kier molecular flexibility index (Phi) is 6.68. The highest BCUT2D eigenvalue weighted by molar-refractivity contribution is 7.80. The first-order valence-electron chi connectivity index (χ1n) is 6.92. The van der Waals surface area contributed by atoms with Crippen LogP contribution < -0.4 is 11.1 Å². The Bertz CT molecular complexity index is 314. The van der Waals surface area contributed by atoms with E-state index in [1.54, 1.807) is 0 Å². The largest absolute Gasteiger partial charge is 0.392 e. The molecule has 1 heterocycles. The number of thiocarbonyl (C=S) groups is 1. The third-order valence-electron chi connectivity index (χ3n) is 3.40. The second kappa shape index (κ2) is 7.77. The first kappa shape index (κ1) is 16.3. The van der Waals surface area contributed by atoms with Crippen molar-refractivity contribution in [3.63, 3.8) is 0 Å². The lowest BCUT2D eigenvalue weighted by Crippen LogP contribution is -2.55. The molecule has 1 fully saturated rings. The second-order valence-corrected chi connectivity index (χ2v) is 6.12. The first-order valence-corrected chi connectivity index (χ1v) is 7.33. The minimum absolute atomic E-state index is 0.0641. The molecule has 0 aromatic rings. The van der Waals surface area contributed by atoms with Crippen molar-refractivity contribution in [3.8, 4) is 0 Å². The number of piperazine rings is 1. The van der Waals surface area contributed by atoms with Gasteiger partial charge in [0.2, 0.25) is 5.91 Å². The fourth-order valence-corrected chi connectivity index (χ4v) is 2.33. The maximum Gasteiger partial charge on any atom is 0.237 e. The molecule has 1 saturated heterocycles. The lowest BCUT2D eigenvalue weighted by atomic mass is 10.2. The Hall–Kier alpha value is -0.720. The van der Waals surface area contributed by atoms with Crippen LogP contribution in [0.4, 0.5) is 0 Å². The molecule has 0 spiro atoms. The summed E-state index contributed by atoms with van der Waals surface area (Å²) in [7, 11) is 0. The van der Waals surface area contributed by atoms with E-state index in [9.17, 15) is 4.79 Å². The number of amides is 1. The number of hydrogen-bond donors (Lipinski definition) is 2. The number of nitrogens with one attached hydrogen (secondary N) is 1. The smallest absolute Gasteiger partial charge is 0.237 e. The molecule has 1 aliphatic rings. The van der Waals surface area contributed by atoms with Crippen LogP contribution in [0.25, 0.3) is 0 Å². The van der Waals surface area contributed by atoms with Gasteiger partial charge < -0.3 is 11.1 Å². The minimum atomic E-state index is -0.0641. The summed E-state index contributed by atoms with van der Waals surface area (Å²) in [5.41, 5.74) is 5.55. The number of rotatable bonds is 6. The zero-order chi connectivity index (χ0) is 14.4. The van der Waals surface area contributed by atoms with Gasteiger partial charge in [-0.25, -0.2) is 0 Å². The van der Waals surface area contributed by atoms with Gasteiger partial charge in [-0.2, -0.15) is 0 Å². The number of carbonyl (C=O) groups is 1. The average Bonchev–Trinajstić information content (AvgIpc) is 2.35. The Labute approximate surface area is 121 Å². The van der Waals surface area contributed by atoms with Gasteiger partial charge in [-0.15, -0.1) is 0 Å². The highest BCUT2D eigenvalue weighted by atomic mass is 32.1. The van der Waals surface area contributed by atoms with Crippen LogP contribution in [0.15, 0.2) is 0 Å². The Morgan fingerprint density at radius 3 is 2.32 bits per heavy atom. The topological polar surface area (TPSA) is 61.6 Å². The summed E-state index contributed by atoms with van der Waals surface area (Å²) in [5.74, 6) is 0.607. The molecule has 1 atom stereocenters. The summed E-state index contributed by atoms with van der Waals surface area (Å²) in [5, 5.41) is 2.99. The van der Waals surface area contributed by atoms with E-state index in [1.165, 1.54) is 0 Å². The maximum atomic E-state index is 12.0. The molecule has 0 radical (unpaired) electrons. The van der Waals surface area contributed by atoms with Crippen LogP contribution in [0.3, 0.4) is 0 Å². The van der Waals surface area contributed by atoms with Gasteiger partial charge >= 0.3 is 0 Å². The zero-order valence-electron chi connectivity index (χ0n) is 12.2. The molecule has 0 aliphatic carbocycles. The van der Waals surface area contributed by atoms with Crippen LogP contribution >= 0.6 is 12.2 Å². The van der Waals surface area contributed by atoms with Gasteiger partial charge in [0.05, 0.1) is 11.0 Å². The van der Waals surface area contributed by atoms with Crippen molar-refractivity contribution >= 4 is 23.1 Å². The van der Waals surface area contributed by atoms with Gasteiger partial charge in [0, 0.05) is 39.3 Å². The molecule has 19 heavy (non-hydrogen) atoms. The van der Waals surface area contributed by atoms with E-state index >= 15 is 0 Å². The quantitative estimate of drug-likeness (QED) is 0.676. The van der Waals surface area contributed by atoms with Crippen molar-refractivity contribution in [3.05, 3.63) is 0 Å². The summed E-state index contributed by atoms with van der Waals surface area (Å²) in [6, 6.07) is -0.0641. The Morgan fingerprint density at radius 2 is 1.84 bits per heavy atom. The third kappa shape index (κ3) is 5.84. The van der Waals surface area contributed by atoms with Gasteiger partial charge in [0.25, 0.3) is 0 Å². The van der Waals surface area contributed by atoms with Crippen molar-refractivity contribution in [2.75, 3.05) is 39.3 Å². The van der Waals surface area contributed by atoms with Crippen molar-refractivity contribution in [2.45, 2.75) is 26.8 Å². The summed E-state index contributed by atoms with van der Waals surface area (Å²) in [4.78, 5) is 17.0.